The van der Waals surface area contributed by atoms with Crippen molar-refractivity contribution in [3.63, 3.8) is 0 Å². The molecule has 6 rings (SSSR count). The minimum absolute atomic E-state index is 0.273. The number of aromatic nitrogens is 4. The Bertz CT molecular complexity index is 1700. The molecular formula is C25H14ClN5O. The molecule has 0 saturated carbocycles. The largest absolute Gasteiger partial charge is 0.321 e. The van der Waals surface area contributed by atoms with Gasteiger partial charge in [0.2, 0.25) is 0 Å². The van der Waals surface area contributed by atoms with Crippen molar-refractivity contribution in [1.29, 1.82) is 0 Å². The lowest BCUT2D eigenvalue weighted by atomic mass is 10.1. The van der Waals surface area contributed by atoms with Gasteiger partial charge in [-0.15, -0.1) is 0 Å². The average Bonchev–Trinajstić information content (AvgIpc) is 2.84. The minimum Gasteiger partial charge on any atom is -0.321 e. The van der Waals surface area contributed by atoms with Crippen molar-refractivity contribution in [1.82, 2.24) is 19.9 Å². The van der Waals surface area contributed by atoms with E-state index < -0.39 is 0 Å². The zero-order valence-corrected chi connectivity index (χ0v) is 17.3. The monoisotopic (exact) mass is 435 g/mol. The van der Waals surface area contributed by atoms with Crippen LogP contribution in [-0.4, -0.2) is 25.8 Å². The number of nitrogens with one attached hydrogen (secondary N) is 1. The molecule has 0 atom stereocenters. The Labute approximate surface area is 186 Å². The second-order valence-corrected chi connectivity index (χ2v) is 7.76. The molecule has 0 bridgehead atoms. The smallest absolute Gasteiger partial charge is 0.255 e. The number of carbonyl (C=O) groups excluding carboxylic acids is 1. The first-order chi connectivity index (χ1) is 15.7. The summed E-state index contributed by atoms with van der Waals surface area (Å²) < 4.78 is 0. The van der Waals surface area contributed by atoms with Gasteiger partial charge in [0.05, 0.1) is 32.8 Å². The highest BCUT2D eigenvalue weighted by atomic mass is 35.5. The van der Waals surface area contributed by atoms with Crippen LogP contribution < -0.4 is 5.32 Å². The third-order valence-corrected chi connectivity index (χ3v) is 5.73. The molecule has 0 radical (unpaired) electrons. The molecule has 6 aromatic rings. The molecule has 3 heterocycles. The summed E-state index contributed by atoms with van der Waals surface area (Å²) in [6.45, 7) is 0. The molecule has 1 amide bonds. The van der Waals surface area contributed by atoms with Crippen LogP contribution in [0.1, 0.15) is 10.4 Å². The Morgan fingerprint density at radius 1 is 0.719 bits per heavy atom. The number of benzene rings is 3. The topological polar surface area (TPSA) is 80.7 Å². The van der Waals surface area contributed by atoms with Crippen molar-refractivity contribution in [2.45, 2.75) is 0 Å². The molecule has 0 saturated heterocycles. The van der Waals surface area contributed by atoms with Crippen molar-refractivity contribution in [3.05, 3.63) is 89.7 Å². The summed E-state index contributed by atoms with van der Waals surface area (Å²) in [6.07, 6.45) is 3.49. The van der Waals surface area contributed by atoms with Gasteiger partial charge in [0.1, 0.15) is 11.0 Å². The second kappa shape index (κ2) is 7.21. The molecule has 152 valence electrons. The first kappa shape index (κ1) is 18.6. The van der Waals surface area contributed by atoms with E-state index in [1.807, 2.05) is 36.4 Å². The number of amides is 1. The van der Waals surface area contributed by atoms with Crippen LogP contribution in [0.3, 0.4) is 0 Å². The van der Waals surface area contributed by atoms with Gasteiger partial charge in [-0.1, -0.05) is 35.9 Å². The number of carbonyl (C=O) groups is 1. The Kier molecular flexibility index (Phi) is 4.19. The highest BCUT2D eigenvalue weighted by molar-refractivity contribution is 6.34. The first-order valence-corrected chi connectivity index (χ1v) is 10.4. The summed E-state index contributed by atoms with van der Waals surface area (Å²) in [6, 6.07) is 20.2. The van der Waals surface area contributed by atoms with Gasteiger partial charge in [0.25, 0.3) is 5.91 Å². The number of anilines is 1. The van der Waals surface area contributed by atoms with Crippen LogP contribution in [0.2, 0.25) is 5.02 Å². The van der Waals surface area contributed by atoms with Gasteiger partial charge in [-0.2, -0.15) is 0 Å². The van der Waals surface area contributed by atoms with Crippen LogP contribution >= 0.6 is 11.6 Å². The van der Waals surface area contributed by atoms with E-state index in [-0.39, 0.29) is 5.91 Å². The zero-order chi connectivity index (χ0) is 21.7. The predicted molar refractivity (Wildman–Crippen MR) is 127 cm³/mol. The number of para-hydroxylation sites is 1. The summed E-state index contributed by atoms with van der Waals surface area (Å²) in [5.41, 5.74) is 5.16. The van der Waals surface area contributed by atoms with Crippen molar-refractivity contribution in [3.8, 4) is 0 Å². The maximum absolute atomic E-state index is 12.8. The molecule has 32 heavy (non-hydrogen) atoms. The number of pyridine rings is 2. The van der Waals surface area contributed by atoms with Crippen molar-refractivity contribution < 1.29 is 4.79 Å². The fraction of sp³-hybridized carbons (Fsp3) is 0. The molecule has 6 nitrogen and oxygen atoms in total. The van der Waals surface area contributed by atoms with Gasteiger partial charge >= 0.3 is 0 Å². The Morgan fingerprint density at radius 2 is 1.38 bits per heavy atom. The zero-order valence-electron chi connectivity index (χ0n) is 16.6. The lowest BCUT2D eigenvalue weighted by Gasteiger charge is -2.10. The van der Waals surface area contributed by atoms with E-state index in [1.54, 1.807) is 42.7 Å². The predicted octanol–water partition coefficient (Wildman–Crippen LogP) is 5.79. The van der Waals surface area contributed by atoms with E-state index in [2.05, 4.69) is 15.3 Å². The molecule has 0 unspecified atom stereocenters. The maximum Gasteiger partial charge on any atom is 0.255 e. The molecule has 3 aromatic heterocycles. The highest BCUT2D eigenvalue weighted by Gasteiger charge is 2.15. The molecule has 0 fully saturated rings. The number of hydrogen-bond donors (Lipinski definition) is 1. The molecule has 7 heteroatoms. The van der Waals surface area contributed by atoms with E-state index in [0.29, 0.717) is 38.3 Å². The van der Waals surface area contributed by atoms with Crippen LogP contribution in [0.5, 0.6) is 0 Å². The summed E-state index contributed by atoms with van der Waals surface area (Å²) in [7, 11) is 0. The van der Waals surface area contributed by atoms with E-state index >= 15 is 0 Å². The van der Waals surface area contributed by atoms with E-state index in [1.165, 1.54) is 0 Å². The van der Waals surface area contributed by atoms with Gasteiger partial charge in [-0.25, -0.2) is 9.97 Å². The maximum atomic E-state index is 12.8. The Hall–Kier alpha value is -4.16. The van der Waals surface area contributed by atoms with Crippen LogP contribution in [0, 0.1) is 0 Å². The van der Waals surface area contributed by atoms with Crippen molar-refractivity contribution in [2.75, 3.05) is 5.32 Å². The molecule has 3 aromatic carbocycles. The fourth-order valence-electron chi connectivity index (χ4n) is 3.91. The fourth-order valence-corrected chi connectivity index (χ4v) is 4.09. The molecule has 0 aliphatic heterocycles. The lowest BCUT2D eigenvalue weighted by molar-refractivity contribution is 0.102. The summed E-state index contributed by atoms with van der Waals surface area (Å²) in [4.78, 5) is 31.6. The molecular weight excluding hydrogens is 422 g/mol. The van der Waals surface area contributed by atoms with Crippen LogP contribution in [-0.2, 0) is 0 Å². The third kappa shape index (κ3) is 2.92. The quantitative estimate of drug-likeness (QED) is 0.275. The van der Waals surface area contributed by atoms with Crippen molar-refractivity contribution in [2.24, 2.45) is 0 Å². The van der Waals surface area contributed by atoms with Gasteiger partial charge in [-0.3, -0.25) is 14.8 Å². The van der Waals surface area contributed by atoms with Gasteiger partial charge in [-0.05, 0) is 42.5 Å². The van der Waals surface area contributed by atoms with Gasteiger partial charge < -0.3 is 5.32 Å². The normalized spacial score (nSPS) is 11.4. The number of halogens is 1. The summed E-state index contributed by atoms with van der Waals surface area (Å²) in [5.74, 6) is -0.273. The first-order valence-electron chi connectivity index (χ1n) is 9.98. The van der Waals surface area contributed by atoms with E-state index in [4.69, 9.17) is 21.6 Å². The number of hydrogen-bond acceptors (Lipinski definition) is 5. The number of fused-ring (bicyclic) bond motifs is 7. The Morgan fingerprint density at radius 3 is 2.06 bits per heavy atom. The average molecular weight is 436 g/mol. The van der Waals surface area contributed by atoms with Crippen LogP contribution in [0.15, 0.2) is 79.1 Å². The minimum atomic E-state index is -0.273. The molecule has 0 spiro atoms. The second-order valence-electron chi connectivity index (χ2n) is 7.36. The van der Waals surface area contributed by atoms with Gasteiger partial charge in [0.15, 0.2) is 0 Å². The molecule has 0 aliphatic rings. The van der Waals surface area contributed by atoms with Crippen molar-refractivity contribution >= 4 is 67.1 Å². The Balaban J connectivity index is 1.55. The third-order valence-electron chi connectivity index (χ3n) is 5.40. The molecule has 1 N–H and O–H groups in total. The standard InChI is InChI=1S/C25H14ClN5O/c26-17-7-1-2-8-18(17)31-25(32)14-9-10-19-20(13-14)30-24-22-16(6-4-12-28-22)15-5-3-11-27-21(15)23(24)29-19/h1-13H,(H,31,32). The van der Waals surface area contributed by atoms with Gasteiger partial charge in [0, 0.05) is 28.7 Å². The van der Waals surface area contributed by atoms with E-state index in [9.17, 15) is 4.79 Å². The lowest BCUT2D eigenvalue weighted by Crippen LogP contribution is -2.12. The number of rotatable bonds is 2. The molecule has 0 aliphatic carbocycles. The summed E-state index contributed by atoms with van der Waals surface area (Å²) in [5, 5.41) is 5.26. The highest BCUT2D eigenvalue weighted by Crippen LogP contribution is 2.32. The van der Waals surface area contributed by atoms with E-state index in [0.717, 1.165) is 21.8 Å². The number of nitrogens with zero attached hydrogens (tertiary/aromatic N) is 4. The SMILES string of the molecule is O=C(Nc1ccccc1Cl)c1ccc2nc3c4ncccc4c4cccnc4c3nc2c1. The summed E-state index contributed by atoms with van der Waals surface area (Å²) >= 11 is 6.17. The van der Waals surface area contributed by atoms with Crippen LogP contribution in [0.4, 0.5) is 5.69 Å². The van der Waals surface area contributed by atoms with Crippen LogP contribution in [0.25, 0.3) is 43.9 Å².